The van der Waals surface area contributed by atoms with Crippen molar-refractivity contribution in [3.8, 4) is 11.5 Å². The maximum Gasteiger partial charge on any atom is 0.264 e. The van der Waals surface area contributed by atoms with E-state index in [1.165, 1.54) is 10.5 Å². The van der Waals surface area contributed by atoms with E-state index in [9.17, 15) is 4.79 Å². The summed E-state index contributed by atoms with van der Waals surface area (Å²) < 4.78 is 11.3. The molecule has 27 heavy (non-hydrogen) atoms. The summed E-state index contributed by atoms with van der Waals surface area (Å²) in [5.74, 6) is 1.34. The molecule has 1 N–H and O–H groups in total. The van der Waals surface area contributed by atoms with Crippen molar-refractivity contribution in [2.75, 3.05) is 33.3 Å². The molecule has 0 aromatic heterocycles. The van der Waals surface area contributed by atoms with Crippen LogP contribution in [0.2, 0.25) is 0 Å². The lowest BCUT2D eigenvalue weighted by molar-refractivity contribution is -0.917. The fraction of sp³-hybridized carbons (Fsp3) is 0.409. The molecule has 0 saturated carbocycles. The van der Waals surface area contributed by atoms with E-state index in [2.05, 4.69) is 24.3 Å². The molecular weight excluding hydrogens is 340 g/mol. The van der Waals surface area contributed by atoms with E-state index in [1.54, 1.807) is 7.11 Å². The lowest BCUT2D eigenvalue weighted by Gasteiger charge is -2.34. The predicted molar refractivity (Wildman–Crippen MR) is 105 cm³/mol. The lowest BCUT2D eigenvalue weighted by atomic mass is 10.1. The molecule has 1 saturated heterocycles. The maximum atomic E-state index is 12.9. The van der Waals surface area contributed by atoms with E-state index in [-0.39, 0.29) is 5.91 Å². The summed E-state index contributed by atoms with van der Waals surface area (Å²) >= 11 is 0. The molecule has 0 unspecified atom stereocenters. The number of benzene rings is 2. The Bertz CT molecular complexity index is 727. The number of methoxy groups -OCH3 is 1. The molecule has 3 rings (SSSR count). The van der Waals surface area contributed by atoms with Crippen molar-refractivity contribution in [3.63, 3.8) is 0 Å². The topological polar surface area (TPSA) is 43.2 Å². The maximum absolute atomic E-state index is 12.9. The predicted octanol–water partition coefficient (Wildman–Crippen LogP) is 1.78. The van der Waals surface area contributed by atoms with Gasteiger partial charge in [0.1, 0.15) is 6.54 Å². The lowest BCUT2D eigenvalue weighted by Crippen LogP contribution is -3.13. The average molecular weight is 369 g/mol. The summed E-state index contributed by atoms with van der Waals surface area (Å²) in [6.45, 7) is 6.46. The molecule has 144 valence electrons. The number of quaternary nitrogens is 1. The van der Waals surface area contributed by atoms with Crippen LogP contribution >= 0.6 is 0 Å². The number of nitrogens with one attached hydrogen (secondary N) is 1. The number of hydrogen-bond donors (Lipinski definition) is 1. The van der Waals surface area contributed by atoms with E-state index < -0.39 is 6.10 Å². The number of piperazine rings is 1. The second-order valence-corrected chi connectivity index (χ2v) is 6.90. The minimum absolute atomic E-state index is 0.0715. The summed E-state index contributed by atoms with van der Waals surface area (Å²) in [4.78, 5) is 16.4. The van der Waals surface area contributed by atoms with Crippen LogP contribution in [0, 0.1) is 0 Å². The smallest absolute Gasteiger partial charge is 0.264 e. The number of ether oxygens (including phenoxy) is 2. The molecular formula is C22H29N2O3+. The Kier molecular flexibility index (Phi) is 6.71. The Hall–Kier alpha value is -2.53. The molecule has 2 aromatic rings. The van der Waals surface area contributed by atoms with Gasteiger partial charge in [-0.1, -0.05) is 49.4 Å². The van der Waals surface area contributed by atoms with Gasteiger partial charge in [0.15, 0.2) is 17.6 Å². The van der Waals surface area contributed by atoms with Gasteiger partial charge in [-0.15, -0.1) is 0 Å². The zero-order valence-electron chi connectivity index (χ0n) is 16.2. The number of hydrogen-bond acceptors (Lipinski definition) is 3. The zero-order valence-corrected chi connectivity index (χ0v) is 16.2. The van der Waals surface area contributed by atoms with Crippen molar-refractivity contribution < 1.29 is 19.2 Å². The molecule has 1 heterocycles. The van der Waals surface area contributed by atoms with Crippen LogP contribution in [-0.2, 0) is 11.3 Å². The molecule has 0 radical (unpaired) electrons. The normalized spacial score (nSPS) is 16.0. The van der Waals surface area contributed by atoms with E-state index in [0.717, 1.165) is 32.7 Å². The number of carbonyl (C=O) groups excluding carboxylic acids is 1. The first kappa shape index (κ1) is 19.2. The van der Waals surface area contributed by atoms with E-state index in [0.29, 0.717) is 17.9 Å². The highest BCUT2D eigenvalue weighted by Crippen LogP contribution is 2.27. The molecule has 0 aliphatic carbocycles. The van der Waals surface area contributed by atoms with Gasteiger partial charge in [-0.2, -0.15) is 0 Å². The SMILES string of the molecule is CC[C@H](Oc1ccccc1OC)C(=O)N1CC[NH+](Cc2ccccc2)CC1. The molecule has 1 atom stereocenters. The van der Waals surface area contributed by atoms with Crippen molar-refractivity contribution in [2.45, 2.75) is 26.0 Å². The first-order chi connectivity index (χ1) is 13.2. The van der Waals surface area contributed by atoms with Crippen LogP contribution < -0.4 is 14.4 Å². The first-order valence-electron chi connectivity index (χ1n) is 9.67. The highest BCUT2D eigenvalue weighted by molar-refractivity contribution is 5.81. The van der Waals surface area contributed by atoms with Gasteiger partial charge >= 0.3 is 0 Å². The minimum atomic E-state index is -0.475. The van der Waals surface area contributed by atoms with Crippen molar-refractivity contribution in [3.05, 3.63) is 60.2 Å². The third-order valence-electron chi connectivity index (χ3n) is 5.06. The second kappa shape index (κ2) is 9.42. The Morgan fingerprint density at radius 2 is 1.67 bits per heavy atom. The number of rotatable bonds is 7. The summed E-state index contributed by atoms with van der Waals surface area (Å²) in [6, 6.07) is 18.0. The Morgan fingerprint density at radius 1 is 1.04 bits per heavy atom. The van der Waals surface area contributed by atoms with E-state index in [1.807, 2.05) is 42.2 Å². The van der Waals surface area contributed by atoms with Crippen LogP contribution in [0.3, 0.4) is 0 Å². The summed E-state index contributed by atoms with van der Waals surface area (Å²) in [6.07, 6.45) is 0.158. The van der Waals surface area contributed by atoms with Gasteiger partial charge in [0.25, 0.3) is 5.91 Å². The Balaban J connectivity index is 1.55. The molecule has 5 nitrogen and oxygen atoms in total. The molecule has 0 bridgehead atoms. The van der Waals surface area contributed by atoms with E-state index >= 15 is 0 Å². The monoisotopic (exact) mass is 369 g/mol. The Labute approximate surface area is 161 Å². The van der Waals surface area contributed by atoms with Crippen LogP contribution in [0.4, 0.5) is 0 Å². The Morgan fingerprint density at radius 3 is 2.30 bits per heavy atom. The molecule has 0 spiro atoms. The van der Waals surface area contributed by atoms with Gasteiger partial charge in [-0.25, -0.2) is 0 Å². The van der Waals surface area contributed by atoms with Gasteiger partial charge < -0.3 is 19.3 Å². The number of amides is 1. The largest absolute Gasteiger partial charge is 0.493 e. The van der Waals surface area contributed by atoms with Crippen molar-refractivity contribution in [2.24, 2.45) is 0 Å². The third kappa shape index (κ3) is 5.01. The molecule has 1 aliphatic rings. The van der Waals surface area contributed by atoms with Crippen LogP contribution in [0.15, 0.2) is 54.6 Å². The van der Waals surface area contributed by atoms with Crippen molar-refractivity contribution in [1.29, 1.82) is 0 Å². The fourth-order valence-electron chi connectivity index (χ4n) is 3.49. The summed E-state index contributed by atoms with van der Waals surface area (Å²) in [7, 11) is 1.61. The van der Waals surface area contributed by atoms with Gasteiger partial charge in [-0.05, 0) is 18.6 Å². The molecule has 2 aromatic carbocycles. The molecule has 1 aliphatic heterocycles. The van der Waals surface area contributed by atoms with Crippen molar-refractivity contribution >= 4 is 5.91 Å². The van der Waals surface area contributed by atoms with Gasteiger partial charge in [0.05, 0.1) is 33.3 Å². The number of para-hydroxylation sites is 2. The average Bonchev–Trinajstić information content (AvgIpc) is 2.73. The summed E-state index contributed by atoms with van der Waals surface area (Å²) in [5, 5.41) is 0. The van der Waals surface area contributed by atoms with Crippen molar-refractivity contribution in [1.82, 2.24) is 4.90 Å². The zero-order chi connectivity index (χ0) is 19.1. The number of carbonyl (C=O) groups is 1. The van der Waals surface area contributed by atoms with Gasteiger partial charge in [-0.3, -0.25) is 4.79 Å². The van der Waals surface area contributed by atoms with Gasteiger partial charge in [0, 0.05) is 5.56 Å². The quantitative estimate of drug-likeness (QED) is 0.809. The molecule has 1 fully saturated rings. The fourth-order valence-corrected chi connectivity index (χ4v) is 3.49. The standard InChI is InChI=1S/C22H28N2O3/c1-3-19(27-21-12-8-7-11-20(21)26-2)22(25)24-15-13-23(14-16-24)17-18-9-5-4-6-10-18/h4-12,19H,3,13-17H2,1-2H3/p+1/t19-/m0/s1. The highest BCUT2D eigenvalue weighted by atomic mass is 16.5. The minimum Gasteiger partial charge on any atom is -0.493 e. The van der Waals surface area contributed by atoms with Crippen LogP contribution in [-0.4, -0.2) is 50.2 Å². The van der Waals surface area contributed by atoms with Gasteiger partial charge in [0.2, 0.25) is 0 Å². The third-order valence-corrected chi connectivity index (χ3v) is 5.06. The second-order valence-electron chi connectivity index (χ2n) is 6.90. The van der Waals surface area contributed by atoms with E-state index in [4.69, 9.17) is 9.47 Å². The highest BCUT2D eigenvalue weighted by Gasteiger charge is 2.29. The van der Waals surface area contributed by atoms with Crippen LogP contribution in [0.25, 0.3) is 0 Å². The number of nitrogens with zero attached hydrogens (tertiary/aromatic N) is 1. The van der Waals surface area contributed by atoms with Crippen LogP contribution in [0.5, 0.6) is 11.5 Å². The molecule has 5 heteroatoms. The molecule has 1 amide bonds. The summed E-state index contributed by atoms with van der Waals surface area (Å²) in [5.41, 5.74) is 1.35. The van der Waals surface area contributed by atoms with Crippen LogP contribution in [0.1, 0.15) is 18.9 Å². The first-order valence-corrected chi connectivity index (χ1v) is 9.67.